The molecule has 0 aliphatic heterocycles. The highest BCUT2D eigenvalue weighted by molar-refractivity contribution is 14.1. The van der Waals surface area contributed by atoms with Crippen LogP contribution in [0.2, 0.25) is 5.02 Å². The second kappa shape index (κ2) is 6.58. The molecule has 18 heavy (non-hydrogen) atoms. The van der Waals surface area contributed by atoms with Gasteiger partial charge in [0.2, 0.25) is 0 Å². The maximum atomic E-state index is 10.9. The fourth-order valence-corrected chi connectivity index (χ4v) is 2.49. The molecule has 4 nitrogen and oxygen atoms in total. The summed E-state index contributed by atoms with van der Waals surface area (Å²) >= 11 is 8.23. The molecule has 0 saturated carbocycles. The van der Waals surface area contributed by atoms with Gasteiger partial charge in [0.15, 0.2) is 6.10 Å². The number of amides is 1. The molecule has 0 aromatic heterocycles. The van der Waals surface area contributed by atoms with Gasteiger partial charge in [-0.1, -0.05) is 31.5 Å². The third-order valence-corrected chi connectivity index (χ3v) is 3.50. The van der Waals surface area contributed by atoms with Crippen LogP contribution in [-0.4, -0.2) is 17.3 Å². The minimum atomic E-state index is -0.936. The van der Waals surface area contributed by atoms with Gasteiger partial charge in [0.25, 0.3) is 0 Å². The molecule has 0 fully saturated rings. The number of benzene rings is 1. The smallest absolute Gasteiger partial charge is 0.405 e. The lowest BCUT2D eigenvalue weighted by Gasteiger charge is -2.26. The lowest BCUT2D eigenvalue weighted by molar-refractivity contribution is -0.0184. The zero-order chi connectivity index (χ0) is 13.9. The molecule has 0 saturated heterocycles. The molecule has 3 N–H and O–H groups in total. The van der Waals surface area contributed by atoms with Crippen LogP contribution in [0.25, 0.3) is 0 Å². The average molecular weight is 384 g/mol. The monoisotopic (exact) mass is 383 g/mol. The second-order valence-corrected chi connectivity index (χ2v) is 5.91. The van der Waals surface area contributed by atoms with Crippen molar-refractivity contribution < 1.29 is 14.6 Å². The van der Waals surface area contributed by atoms with E-state index in [4.69, 9.17) is 22.1 Å². The first-order valence-corrected chi connectivity index (χ1v) is 6.87. The molecule has 0 bridgehead atoms. The highest BCUT2D eigenvalue weighted by Gasteiger charge is 2.28. The Bertz CT molecular complexity index is 439. The first-order valence-electron chi connectivity index (χ1n) is 5.42. The lowest BCUT2D eigenvalue weighted by Crippen LogP contribution is -2.30. The van der Waals surface area contributed by atoms with Gasteiger partial charge in [-0.2, -0.15) is 0 Å². The van der Waals surface area contributed by atoms with E-state index in [9.17, 15) is 9.90 Å². The molecule has 0 heterocycles. The van der Waals surface area contributed by atoms with Crippen molar-refractivity contribution in [3.63, 3.8) is 0 Å². The van der Waals surface area contributed by atoms with Crippen LogP contribution in [0.4, 0.5) is 4.79 Å². The molecule has 1 rings (SSSR count). The molecule has 2 atom stereocenters. The molecule has 0 spiro atoms. The summed E-state index contributed by atoms with van der Waals surface area (Å²) in [6.07, 6.45) is -2.66. The highest BCUT2D eigenvalue weighted by Crippen LogP contribution is 2.32. The van der Waals surface area contributed by atoms with E-state index < -0.39 is 18.3 Å². The summed E-state index contributed by atoms with van der Waals surface area (Å²) in [6.45, 7) is 3.64. The molecule has 2 unspecified atom stereocenters. The lowest BCUT2D eigenvalue weighted by atomic mass is 9.96. The van der Waals surface area contributed by atoms with E-state index in [-0.39, 0.29) is 5.92 Å². The summed E-state index contributed by atoms with van der Waals surface area (Å²) in [5.41, 5.74) is 5.58. The number of carbonyl (C=O) groups excluding carboxylic acids is 1. The third kappa shape index (κ3) is 4.00. The van der Waals surface area contributed by atoms with Gasteiger partial charge in [-0.05, 0) is 40.6 Å². The van der Waals surface area contributed by atoms with Crippen LogP contribution in [0.15, 0.2) is 18.2 Å². The predicted molar refractivity (Wildman–Crippen MR) is 78.4 cm³/mol. The van der Waals surface area contributed by atoms with Gasteiger partial charge in [-0.15, -0.1) is 0 Å². The van der Waals surface area contributed by atoms with Gasteiger partial charge in [0.05, 0.1) is 6.10 Å². The quantitative estimate of drug-likeness (QED) is 0.785. The molecule has 0 aliphatic carbocycles. The minimum absolute atomic E-state index is 0.0929. The third-order valence-electron chi connectivity index (χ3n) is 2.51. The van der Waals surface area contributed by atoms with E-state index >= 15 is 0 Å². The van der Waals surface area contributed by atoms with E-state index in [1.165, 1.54) is 0 Å². The van der Waals surface area contributed by atoms with Gasteiger partial charge in [0, 0.05) is 14.2 Å². The maximum Gasteiger partial charge on any atom is 0.405 e. The molecular weight excluding hydrogens is 368 g/mol. The van der Waals surface area contributed by atoms with Crippen molar-refractivity contribution in [2.24, 2.45) is 11.7 Å². The van der Waals surface area contributed by atoms with Crippen molar-refractivity contribution in [3.8, 4) is 0 Å². The molecule has 0 aliphatic rings. The number of aliphatic hydroxyl groups is 1. The largest absolute Gasteiger partial charge is 0.439 e. The van der Waals surface area contributed by atoms with Crippen LogP contribution in [-0.2, 0) is 4.74 Å². The van der Waals surface area contributed by atoms with Crippen LogP contribution in [0, 0.1) is 9.49 Å². The molecule has 0 radical (unpaired) electrons. The fraction of sp³-hybridized carbons (Fsp3) is 0.417. The molecule has 1 aromatic carbocycles. The Kier molecular flexibility index (Phi) is 5.68. The van der Waals surface area contributed by atoms with Crippen molar-refractivity contribution in [1.29, 1.82) is 0 Å². The van der Waals surface area contributed by atoms with Gasteiger partial charge >= 0.3 is 6.09 Å². The summed E-state index contributed by atoms with van der Waals surface area (Å²) in [5.74, 6) is -0.0929. The first-order chi connectivity index (χ1) is 8.32. The van der Waals surface area contributed by atoms with Gasteiger partial charge < -0.3 is 15.6 Å². The minimum Gasteiger partial charge on any atom is -0.439 e. The van der Waals surface area contributed by atoms with Crippen LogP contribution in [0.5, 0.6) is 0 Å². The van der Waals surface area contributed by atoms with Gasteiger partial charge in [0.1, 0.15) is 0 Å². The Balaban J connectivity index is 3.12. The van der Waals surface area contributed by atoms with Crippen LogP contribution < -0.4 is 5.73 Å². The van der Waals surface area contributed by atoms with Crippen molar-refractivity contribution in [1.82, 2.24) is 0 Å². The topological polar surface area (TPSA) is 72.6 Å². The normalized spacial score (nSPS) is 14.3. The molecular formula is C12H15ClINO3. The zero-order valence-corrected chi connectivity index (χ0v) is 13.0. The Morgan fingerprint density at radius 2 is 2.11 bits per heavy atom. The number of aliphatic hydroxyl groups excluding tert-OH is 1. The molecule has 6 heteroatoms. The van der Waals surface area contributed by atoms with Gasteiger partial charge in [-0.25, -0.2) is 4.79 Å². The summed E-state index contributed by atoms with van der Waals surface area (Å²) in [5, 5.41) is 10.5. The van der Waals surface area contributed by atoms with E-state index in [0.29, 0.717) is 10.6 Å². The first kappa shape index (κ1) is 15.5. The van der Waals surface area contributed by atoms with Crippen molar-refractivity contribution in [2.45, 2.75) is 26.1 Å². The Labute approximate surface area is 125 Å². The van der Waals surface area contributed by atoms with E-state index in [0.717, 1.165) is 3.57 Å². The Morgan fingerprint density at radius 1 is 1.50 bits per heavy atom. The standard InChI is InChI=1S/C12H15ClINO3/c1-6(2)10(16)11(18-12(15)17)8-4-3-7(14)5-9(8)13/h3-6,10-11,16H,1-2H3,(H2,15,17). The van der Waals surface area contributed by atoms with Crippen LogP contribution in [0.1, 0.15) is 25.5 Å². The number of rotatable bonds is 4. The zero-order valence-electron chi connectivity index (χ0n) is 10.1. The van der Waals surface area contributed by atoms with Crippen molar-refractivity contribution in [2.75, 3.05) is 0 Å². The molecule has 1 aromatic rings. The predicted octanol–water partition coefficient (Wildman–Crippen LogP) is 3.10. The SMILES string of the molecule is CC(C)C(O)C(OC(N)=O)c1ccc(I)cc1Cl. The number of ether oxygens (including phenoxy) is 1. The van der Waals surface area contributed by atoms with E-state index in [1.807, 2.05) is 19.9 Å². The average Bonchev–Trinajstić information content (AvgIpc) is 2.25. The Morgan fingerprint density at radius 3 is 2.56 bits per heavy atom. The number of primary amides is 1. The number of hydrogen-bond acceptors (Lipinski definition) is 3. The van der Waals surface area contributed by atoms with E-state index in [2.05, 4.69) is 22.6 Å². The maximum absolute atomic E-state index is 10.9. The van der Waals surface area contributed by atoms with Crippen LogP contribution >= 0.6 is 34.2 Å². The highest BCUT2D eigenvalue weighted by atomic mass is 127. The summed E-state index contributed by atoms with van der Waals surface area (Å²) in [6, 6.07) is 5.29. The number of carbonyl (C=O) groups is 1. The second-order valence-electron chi connectivity index (χ2n) is 4.26. The number of nitrogens with two attached hydrogens (primary N) is 1. The van der Waals surface area contributed by atoms with Crippen molar-refractivity contribution >= 4 is 40.3 Å². The summed E-state index contributed by atoms with van der Waals surface area (Å²) in [7, 11) is 0. The van der Waals surface area contributed by atoms with Crippen LogP contribution in [0.3, 0.4) is 0 Å². The Hall–Kier alpha value is -0.530. The fourth-order valence-electron chi connectivity index (χ4n) is 1.52. The molecule has 1 amide bonds. The number of hydrogen-bond donors (Lipinski definition) is 2. The summed E-state index contributed by atoms with van der Waals surface area (Å²) in [4.78, 5) is 10.9. The van der Waals surface area contributed by atoms with Crippen molar-refractivity contribution in [3.05, 3.63) is 32.4 Å². The number of halogens is 2. The van der Waals surface area contributed by atoms with Gasteiger partial charge in [-0.3, -0.25) is 0 Å². The van der Waals surface area contributed by atoms with E-state index in [1.54, 1.807) is 12.1 Å². The summed E-state index contributed by atoms with van der Waals surface area (Å²) < 4.78 is 5.94. The molecule has 100 valence electrons.